The second kappa shape index (κ2) is 12.0. The van der Waals surface area contributed by atoms with E-state index >= 15 is 0 Å². The van der Waals surface area contributed by atoms with Crippen LogP contribution in [0.2, 0.25) is 0 Å². The summed E-state index contributed by atoms with van der Waals surface area (Å²) >= 11 is 0. The first-order valence-electron chi connectivity index (χ1n) is 10.8. The Morgan fingerprint density at radius 1 is 0.879 bits per heavy atom. The molecule has 170 valence electrons. The van der Waals surface area contributed by atoms with E-state index < -0.39 is 6.09 Å². The third kappa shape index (κ3) is 6.43. The first kappa shape index (κ1) is 23.5. The van der Waals surface area contributed by atoms with Crippen molar-refractivity contribution in [1.82, 2.24) is 14.9 Å². The summed E-state index contributed by atoms with van der Waals surface area (Å²) in [5.74, 6) is 0.136. The summed E-state index contributed by atoms with van der Waals surface area (Å²) in [6.07, 6.45) is 1.20. The number of amides is 2. The van der Waals surface area contributed by atoms with Crippen molar-refractivity contribution >= 4 is 29.1 Å². The van der Waals surface area contributed by atoms with Gasteiger partial charge in [0.15, 0.2) is 0 Å². The number of anilines is 1. The monoisotopic (exact) mass is 444 g/mol. The minimum absolute atomic E-state index is 0.136. The molecule has 0 unspecified atom stereocenters. The summed E-state index contributed by atoms with van der Waals surface area (Å²) < 4.78 is 5.88. The summed E-state index contributed by atoms with van der Waals surface area (Å²) in [6.45, 7) is 2.61. The standard InChI is InChI=1S/C14H18N4O3.C12H10/c1-3-4-9-15-13(19)18-11-8-6-5-7-10(11)16-12(18)17-14(20)21-2;1-3-7-11(8-4-1)12-9-5-2-6-10-12/h5-8H,3-4,9H2,1-2H3,(H,15,19)(H,16,17,20);1-10H. The molecular weight excluding hydrogens is 416 g/mol. The van der Waals surface area contributed by atoms with Crippen LogP contribution in [-0.4, -0.2) is 35.3 Å². The number of fused-ring (bicyclic) bond motifs is 1. The van der Waals surface area contributed by atoms with Gasteiger partial charge in [-0.25, -0.2) is 19.1 Å². The highest BCUT2D eigenvalue weighted by molar-refractivity contribution is 5.96. The van der Waals surface area contributed by atoms with Gasteiger partial charge < -0.3 is 10.1 Å². The lowest BCUT2D eigenvalue weighted by Crippen LogP contribution is -2.31. The maximum Gasteiger partial charge on any atom is 0.413 e. The maximum atomic E-state index is 12.3. The molecule has 3 aromatic carbocycles. The minimum atomic E-state index is -0.673. The van der Waals surface area contributed by atoms with Gasteiger partial charge in [-0.1, -0.05) is 86.1 Å². The Bertz CT molecular complexity index is 1140. The number of para-hydroxylation sites is 2. The number of ether oxygens (including phenoxy) is 1. The summed E-state index contributed by atoms with van der Waals surface area (Å²) in [4.78, 5) is 27.9. The normalized spacial score (nSPS) is 10.1. The number of imidazole rings is 1. The van der Waals surface area contributed by atoms with E-state index in [1.807, 2.05) is 31.2 Å². The van der Waals surface area contributed by atoms with Crippen molar-refractivity contribution in [3.05, 3.63) is 84.9 Å². The van der Waals surface area contributed by atoms with Crippen LogP contribution in [0.4, 0.5) is 15.5 Å². The molecule has 0 atom stereocenters. The van der Waals surface area contributed by atoms with E-state index in [9.17, 15) is 9.59 Å². The molecule has 0 saturated carbocycles. The second-order valence-corrected chi connectivity index (χ2v) is 7.19. The number of carbonyl (C=O) groups is 2. The van der Waals surface area contributed by atoms with E-state index in [1.54, 1.807) is 12.1 Å². The van der Waals surface area contributed by atoms with Crippen LogP contribution >= 0.6 is 0 Å². The fraction of sp³-hybridized carbons (Fsp3) is 0.192. The summed E-state index contributed by atoms with van der Waals surface area (Å²) in [7, 11) is 1.25. The number of hydrogen-bond acceptors (Lipinski definition) is 4. The highest BCUT2D eigenvalue weighted by Crippen LogP contribution is 2.19. The summed E-state index contributed by atoms with van der Waals surface area (Å²) in [5.41, 5.74) is 3.80. The van der Waals surface area contributed by atoms with Crippen molar-refractivity contribution in [2.24, 2.45) is 0 Å². The molecule has 0 aliphatic rings. The smallest absolute Gasteiger partial charge is 0.413 e. The zero-order chi connectivity index (χ0) is 23.5. The fourth-order valence-corrected chi connectivity index (χ4v) is 3.17. The predicted molar refractivity (Wildman–Crippen MR) is 131 cm³/mol. The Morgan fingerprint density at radius 3 is 2.03 bits per heavy atom. The lowest BCUT2D eigenvalue weighted by atomic mass is 10.1. The highest BCUT2D eigenvalue weighted by atomic mass is 16.5. The van der Waals surface area contributed by atoms with Crippen LogP contribution in [0.3, 0.4) is 0 Å². The molecule has 7 nitrogen and oxygen atoms in total. The molecule has 0 saturated heterocycles. The third-order valence-corrected chi connectivity index (χ3v) is 4.85. The van der Waals surface area contributed by atoms with Crippen LogP contribution in [0.15, 0.2) is 84.9 Å². The lowest BCUT2D eigenvalue weighted by molar-refractivity contribution is 0.186. The molecule has 33 heavy (non-hydrogen) atoms. The van der Waals surface area contributed by atoms with Gasteiger partial charge >= 0.3 is 12.1 Å². The largest absolute Gasteiger partial charge is 0.453 e. The van der Waals surface area contributed by atoms with Gasteiger partial charge in [0.25, 0.3) is 0 Å². The molecule has 1 heterocycles. The third-order valence-electron chi connectivity index (χ3n) is 4.85. The quantitative estimate of drug-likeness (QED) is 0.374. The minimum Gasteiger partial charge on any atom is -0.453 e. The average Bonchev–Trinajstić information content (AvgIpc) is 3.23. The Kier molecular flexibility index (Phi) is 8.59. The van der Waals surface area contributed by atoms with E-state index in [0.29, 0.717) is 17.6 Å². The van der Waals surface area contributed by atoms with Crippen LogP contribution in [0, 0.1) is 0 Å². The Balaban J connectivity index is 0.000000215. The van der Waals surface area contributed by atoms with Crippen LogP contribution in [-0.2, 0) is 4.74 Å². The summed E-state index contributed by atoms with van der Waals surface area (Å²) in [6, 6.07) is 27.6. The predicted octanol–water partition coefficient (Wildman–Crippen LogP) is 5.93. The molecule has 0 fully saturated rings. The molecule has 4 aromatic rings. The van der Waals surface area contributed by atoms with Gasteiger partial charge in [0.2, 0.25) is 5.95 Å². The molecule has 0 radical (unpaired) electrons. The maximum absolute atomic E-state index is 12.3. The van der Waals surface area contributed by atoms with Crippen molar-refractivity contribution in [3.63, 3.8) is 0 Å². The van der Waals surface area contributed by atoms with E-state index in [1.165, 1.54) is 22.8 Å². The van der Waals surface area contributed by atoms with Crippen LogP contribution in [0.1, 0.15) is 19.8 Å². The van der Waals surface area contributed by atoms with E-state index in [2.05, 4.69) is 68.9 Å². The van der Waals surface area contributed by atoms with Gasteiger partial charge in [0, 0.05) is 6.54 Å². The second-order valence-electron chi connectivity index (χ2n) is 7.19. The molecule has 0 aliphatic carbocycles. The number of unbranched alkanes of at least 4 members (excludes halogenated alkanes) is 1. The Morgan fingerprint density at radius 2 is 1.45 bits per heavy atom. The molecule has 0 spiro atoms. The highest BCUT2D eigenvalue weighted by Gasteiger charge is 2.18. The fourth-order valence-electron chi connectivity index (χ4n) is 3.17. The van der Waals surface area contributed by atoms with Crippen molar-refractivity contribution < 1.29 is 14.3 Å². The number of carbonyl (C=O) groups excluding carboxylic acids is 2. The van der Waals surface area contributed by atoms with Crippen molar-refractivity contribution in [3.8, 4) is 11.1 Å². The van der Waals surface area contributed by atoms with E-state index in [4.69, 9.17) is 0 Å². The summed E-state index contributed by atoms with van der Waals surface area (Å²) in [5, 5.41) is 5.25. The van der Waals surface area contributed by atoms with Crippen molar-refractivity contribution in [2.45, 2.75) is 19.8 Å². The molecular formula is C26H28N4O3. The number of aromatic nitrogens is 2. The van der Waals surface area contributed by atoms with Gasteiger partial charge in [-0.3, -0.25) is 5.32 Å². The molecule has 4 rings (SSSR count). The molecule has 2 N–H and O–H groups in total. The van der Waals surface area contributed by atoms with Gasteiger partial charge in [-0.15, -0.1) is 0 Å². The SMILES string of the molecule is CCCCNC(=O)n1c(NC(=O)OC)nc2ccccc21.c1ccc(-c2ccccc2)cc1. The zero-order valence-corrected chi connectivity index (χ0v) is 18.8. The van der Waals surface area contributed by atoms with Gasteiger partial charge in [-0.05, 0) is 29.7 Å². The van der Waals surface area contributed by atoms with Crippen LogP contribution < -0.4 is 10.6 Å². The zero-order valence-electron chi connectivity index (χ0n) is 18.8. The number of hydrogen-bond donors (Lipinski definition) is 2. The topological polar surface area (TPSA) is 85.2 Å². The Hall–Kier alpha value is -4.13. The number of nitrogens with one attached hydrogen (secondary N) is 2. The van der Waals surface area contributed by atoms with Crippen molar-refractivity contribution in [2.75, 3.05) is 19.0 Å². The van der Waals surface area contributed by atoms with Gasteiger partial charge in [-0.2, -0.15) is 0 Å². The Labute approximate surface area is 193 Å². The molecule has 0 bridgehead atoms. The van der Waals surface area contributed by atoms with Gasteiger partial charge in [0.05, 0.1) is 18.1 Å². The lowest BCUT2D eigenvalue weighted by Gasteiger charge is -2.09. The number of benzene rings is 3. The number of nitrogens with zero attached hydrogens (tertiary/aromatic N) is 2. The van der Waals surface area contributed by atoms with E-state index in [-0.39, 0.29) is 12.0 Å². The first-order valence-corrected chi connectivity index (χ1v) is 10.8. The van der Waals surface area contributed by atoms with Crippen LogP contribution in [0.25, 0.3) is 22.2 Å². The van der Waals surface area contributed by atoms with Crippen molar-refractivity contribution in [1.29, 1.82) is 0 Å². The molecule has 2 amide bonds. The average molecular weight is 445 g/mol. The molecule has 1 aromatic heterocycles. The van der Waals surface area contributed by atoms with Gasteiger partial charge in [0.1, 0.15) is 0 Å². The first-order chi connectivity index (χ1) is 16.1. The van der Waals surface area contributed by atoms with E-state index in [0.717, 1.165) is 12.8 Å². The number of rotatable bonds is 5. The van der Waals surface area contributed by atoms with Crippen LogP contribution in [0.5, 0.6) is 0 Å². The number of methoxy groups -OCH3 is 1. The molecule has 7 heteroatoms. The molecule has 0 aliphatic heterocycles.